The lowest BCUT2D eigenvalue weighted by Gasteiger charge is -2.09. The molecule has 0 heterocycles. The summed E-state index contributed by atoms with van der Waals surface area (Å²) in [7, 11) is 0. The van der Waals surface area contributed by atoms with Gasteiger partial charge in [0, 0.05) is 10.4 Å². The van der Waals surface area contributed by atoms with E-state index in [9.17, 15) is 13.2 Å². The zero-order valence-electron chi connectivity index (χ0n) is 11.8. The molecule has 0 amide bonds. The van der Waals surface area contributed by atoms with Crippen molar-refractivity contribution in [2.24, 2.45) is 0 Å². The average molecular weight is 322 g/mol. The highest BCUT2D eigenvalue weighted by atomic mass is 19.4. The van der Waals surface area contributed by atoms with Crippen LogP contribution in [0.25, 0.3) is 21.9 Å². The van der Waals surface area contributed by atoms with Crippen LogP contribution in [0.5, 0.6) is 0 Å². The number of rotatable bonds is 0. The Balaban J connectivity index is 3.21. The predicted octanol–water partition coefficient (Wildman–Crippen LogP) is 2.25. The molecule has 24 heavy (non-hydrogen) atoms. The van der Waals surface area contributed by atoms with E-state index < -0.39 is 11.7 Å². The van der Waals surface area contributed by atoms with Crippen LogP contribution >= 0.6 is 0 Å². The molecule has 0 fully saturated rings. The van der Waals surface area contributed by atoms with E-state index in [1.54, 1.807) is 24.3 Å². The van der Waals surface area contributed by atoms with Crippen molar-refractivity contribution in [1.82, 2.24) is 0 Å². The highest BCUT2D eigenvalue weighted by Gasteiger charge is 2.30. The molecule has 0 aliphatic carbocycles. The van der Waals surface area contributed by atoms with Gasteiger partial charge in [-0.25, -0.2) is 0 Å². The fraction of sp³-hybridized carbons (Fsp3) is 0.0588. The minimum Gasteiger partial charge on any atom is -0.192 e. The fourth-order valence-corrected chi connectivity index (χ4v) is 2.25. The Bertz CT molecular complexity index is 1100. The molecule has 114 valence electrons. The highest BCUT2D eigenvalue weighted by molar-refractivity contribution is 5.92. The third-order valence-corrected chi connectivity index (χ3v) is 3.33. The smallest absolute Gasteiger partial charge is 0.192 e. The molecular weight excluding hydrogens is 317 g/mol. The quantitative estimate of drug-likeness (QED) is 0.743. The van der Waals surface area contributed by atoms with E-state index in [0.29, 0.717) is 0 Å². The van der Waals surface area contributed by atoms with Gasteiger partial charge in [-0.1, -0.05) is 18.2 Å². The molecule has 0 aliphatic rings. The SMILES string of the molecule is N#CC(C#N)=c1ccc(=C(C#N)C#N)c2cc(C(F)(F)F)ccc12. The Hall–Kier alpha value is -3.81. The summed E-state index contributed by atoms with van der Waals surface area (Å²) >= 11 is 0. The van der Waals surface area contributed by atoms with Crippen molar-refractivity contribution in [1.29, 1.82) is 21.0 Å². The van der Waals surface area contributed by atoms with Gasteiger partial charge >= 0.3 is 6.18 Å². The topological polar surface area (TPSA) is 95.2 Å². The molecule has 2 aromatic rings. The van der Waals surface area contributed by atoms with Crippen molar-refractivity contribution in [3.05, 3.63) is 46.3 Å². The molecule has 4 nitrogen and oxygen atoms in total. The van der Waals surface area contributed by atoms with Gasteiger partial charge < -0.3 is 0 Å². The van der Waals surface area contributed by atoms with Crippen LogP contribution in [-0.2, 0) is 6.18 Å². The van der Waals surface area contributed by atoms with Crippen LogP contribution < -0.4 is 10.4 Å². The lowest BCUT2D eigenvalue weighted by Crippen LogP contribution is -2.16. The summed E-state index contributed by atoms with van der Waals surface area (Å²) in [6, 6.07) is 12.0. The molecule has 0 bridgehead atoms. The maximum atomic E-state index is 13.0. The Morgan fingerprint density at radius 3 is 1.58 bits per heavy atom. The van der Waals surface area contributed by atoms with Crippen LogP contribution in [0.2, 0.25) is 0 Å². The van der Waals surface area contributed by atoms with Crippen molar-refractivity contribution in [3.63, 3.8) is 0 Å². The molecule has 0 aliphatic heterocycles. The van der Waals surface area contributed by atoms with Gasteiger partial charge in [-0.15, -0.1) is 0 Å². The molecule has 0 saturated heterocycles. The summed E-state index contributed by atoms with van der Waals surface area (Å²) in [6.07, 6.45) is -4.61. The van der Waals surface area contributed by atoms with Crippen molar-refractivity contribution in [2.75, 3.05) is 0 Å². The molecule has 0 atom stereocenters. The normalized spacial score (nSPS) is 10.1. The van der Waals surface area contributed by atoms with Gasteiger partial charge in [0.15, 0.2) is 0 Å². The Morgan fingerprint density at radius 2 is 1.17 bits per heavy atom. The number of hydrogen-bond acceptors (Lipinski definition) is 4. The molecule has 0 saturated carbocycles. The van der Waals surface area contributed by atoms with Crippen molar-refractivity contribution in [3.8, 4) is 24.3 Å². The Labute approximate surface area is 133 Å². The molecule has 2 aromatic carbocycles. The van der Waals surface area contributed by atoms with E-state index in [2.05, 4.69) is 0 Å². The van der Waals surface area contributed by atoms with Gasteiger partial charge in [-0.05, 0) is 22.9 Å². The molecule has 0 spiro atoms. The first-order valence-corrected chi connectivity index (χ1v) is 6.36. The van der Waals surface area contributed by atoms with Crippen molar-refractivity contribution < 1.29 is 13.2 Å². The standard InChI is InChI=1S/C17H5F3N4/c18-17(19,20)12-1-2-15-13(10(6-21)7-22)3-4-14(16(15)5-12)11(8-23)9-24/h1-5H. The fourth-order valence-electron chi connectivity index (χ4n) is 2.25. The van der Waals surface area contributed by atoms with Crippen LogP contribution in [0.1, 0.15) is 5.56 Å². The summed E-state index contributed by atoms with van der Waals surface area (Å²) in [6.45, 7) is 0. The number of fused-ring (bicyclic) bond motifs is 1. The minimum absolute atomic E-state index is 0.0140. The molecular formula is C17H5F3N4. The van der Waals surface area contributed by atoms with Gasteiger partial charge in [0.25, 0.3) is 0 Å². The van der Waals surface area contributed by atoms with Crippen molar-refractivity contribution >= 4 is 21.9 Å². The van der Waals surface area contributed by atoms with E-state index in [-0.39, 0.29) is 32.4 Å². The molecule has 0 N–H and O–H groups in total. The van der Waals surface area contributed by atoms with E-state index in [0.717, 1.165) is 18.2 Å². The first-order valence-electron chi connectivity index (χ1n) is 6.36. The van der Waals surface area contributed by atoms with E-state index in [1.807, 2.05) is 0 Å². The number of benzene rings is 2. The zero-order valence-corrected chi connectivity index (χ0v) is 11.8. The van der Waals surface area contributed by atoms with E-state index in [4.69, 9.17) is 21.0 Å². The molecule has 2 rings (SSSR count). The largest absolute Gasteiger partial charge is 0.416 e. The number of alkyl halides is 3. The van der Waals surface area contributed by atoms with Crippen LogP contribution in [0.4, 0.5) is 13.2 Å². The van der Waals surface area contributed by atoms with Gasteiger partial charge in [-0.3, -0.25) is 0 Å². The maximum absolute atomic E-state index is 13.0. The zero-order chi connectivity index (χ0) is 17.9. The number of hydrogen-bond donors (Lipinski definition) is 0. The summed E-state index contributed by atoms with van der Waals surface area (Å²) < 4.78 is 38.9. The second-order valence-electron chi connectivity index (χ2n) is 4.62. The van der Waals surface area contributed by atoms with E-state index >= 15 is 0 Å². The first-order chi connectivity index (χ1) is 11.4. The first kappa shape index (κ1) is 16.6. The van der Waals surface area contributed by atoms with Crippen molar-refractivity contribution in [2.45, 2.75) is 6.18 Å². The number of halogens is 3. The Morgan fingerprint density at radius 1 is 0.708 bits per heavy atom. The predicted molar refractivity (Wildman–Crippen MR) is 77.5 cm³/mol. The third kappa shape index (κ3) is 2.75. The second kappa shape index (κ2) is 6.13. The van der Waals surface area contributed by atoms with Crippen LogP contribution in [0.15, 0.2) is 30.3 Å². The molecule has 0 radical (unpaired) electrons. The van der Waals surface area contributed by atoms with Gasteiger partial charge in [-0.2, -0.15) is 34.2 Å². The monoisotopic (exact) mass is 322 g/mol. The number of nitriles is 4. The average Bonchev–Trinajstić information content (AvgIpc) is 2.57. The molecule has 0 aromatic heterocycles. The van der Waals surface area contributed by atoms with Crippen LogP contribution in [-0.4, -0.2) is 0 Å². The summed E-state index contributed by atoms with van der Waals surface area (Å²) in [4.78, 5) is 0. The lowest BCUT2D eigenvalue weighted by atomic mass is 9.99. The molecule has 7 heteroatoms. The second-order valence-corrected chi connectivity index (χ2v) is 4.62. The summed E-state index contributed by atoms with van der Waals surface area (Å²) in [5.41, 5.74) is -1.60. The third-order valence-electron chi connectivity index (χ3n) is 3.33. The lowest BCUT2D eigenvalue weighted by molar-refractivity contribution is -0.137. The van der Waals surface area contributed by atoms with E-state index in [1.165, 1.54) is 12.1 Å². The van der Waals surface area contributed by atoms with Crippen LogP contribution in [0.3, 0.4) is 0 Å². The highest BCUT2D eigenvalue weighted by Crippen LogP contribution is 2.30. The summed E-state index contributed by atoms with van der Waals surface area (Å²) in [5, 5.41) is 36.3. The van der Waals surface area contributed by atoms with Gasteiger partial charge in [0.1, 0.15) is 35.4 Å². The minimum atomic E-state index is -4.61. The number of nitrogens with zero attached hydrogens (tertiary/aromatic N) is 4. The molecule has 0 unspecified atom stereocenters. The Kier molecular flexibility index (Phi) is 4.23. The van der Waals surface area contributed by atoms with Gasteiger partial charge in [0.05, 0.1) is 5.56 Å². The van der Waals surface area contributed by atoms with Crippen LogP contribution in [0, 0.1) is 45.3 Å². The summed E-state index contributed by atoms with van der Waals surface area (Å²) in [5.74, 6) is 0. The maximum Gasteiger partial charge on any atom is 0.416 e. The van der Waals surface area contributed by atoms with Gasteiger partial charge in [0.2, 0.25) is 0 Å².